The van der Waals surface area contributed by atoms with Crippen molar-refractivity contribution in [3.8, 4) is 23.8 Å². The Morgan fingerprint density at radius 1 is 1.21 bits per heavy atom. The summed E-state index contributed by atoms with van der Waals surface area (Å²) in [5.74, 6) is 3.75. The van der Waals surface area contributed by atoms with Gasteiger partial charge in [-0.25, -0.2) is 0 Å². The minimum Gasteiger partial charge on any atom is -0.493 e. The van der Waals surface area contributed by atoms with Gasteiger partial charge in [-0.3, -0.25) is 4.90 Å². The molecule has 0 amide bonds. The summed E-state index contributed by atoms with van der Waals surface area (Å²) in [5, 5.41) is 10.1. The van der Waals surface area contributed by atoms with E-state index in [1.807, 2.05) is 18.2 Å². The van der Waals surface area contributed by atoms with E-state index in [0.29, 0.717) is 37.7 Å². The maximum Gasteiger partial charge on any atom is 0.161 e. The van der Waals surface area contributed by atoms with E-state index in [1.165, 1.54) is 0 Å². The third kappa shape index (κ3) is 7.20. The van der Waals surface area contributed by atoms with Crippen LogP contribution >= 0.6 is 0 Å². The fourth-order valence-corrected chi connectivity index (χ4v) is 2.30. The lowest BCUT2D eigenvalue weighted by atomic mass is 10.1. The van der Waals surface area contributed by atoms with E-state index < -0.39 is 6.10 Å². The van der Waals surface area contributed by atoms with E-state index in [-0.39, 0.29) is 13.2 Å². The quantitative estimate of drug-likeness (QED) is 0.456. The monoisotopic (exact) mass is 337 g/mol. The standard InChI is InChI=1S/C18H27NO5/c1-5-9-24-14-16(20)13-19(8-10-21-2)12-15-6-7-17(22-3)18(11-15)23-4/h1,6-7,11,16,20H,8-10,12-14H2,2-4H3. The molecule has 1 atom stereocenters. The molecule has 1 unspecified atom stereocenters. The molecule has 0 bridgehead atoms. The molecule has 134 valence electrons. The Labute approximate surface area is 144 Å². The van der Waals surface area contributed by atoms with Crippen LogP contribution in [0.2, 0.25) is 0 Å². The largest absolute Gasteiger partial charge is 0.493 e. The minimum atomic E-state index is -0.615. The van der Waals surface area contributed by atoms with Gasteiger partial charge in [0.2, 0.25) is 0 Å². The second-order valence-electron chi connectivity index (χ2n) is 5.29. The molecule has 6 nitrogen and oxygen atoms in total. The highest BCUT2D eigenvalue weighted by molar-refractivity contribution is 5.42. The molecule has 0 radical (unpaired) electrons. The normalized spacial score (nSPS) is 12.0. The third-order valence-electron chi connectivity index (χ3n) is 3.43. The Bertz CT molecular complexity index is 515. The number of hydrogen-bond donors (Lipinski definition) is 1. The Hall–Kier alpha value is -1.78. The van der Waals surface area contributed by atoms with E-state index in [0.717, 1.165) is 5.56 Å². The van der Waals surface area contributed by atoms with Gasteiger partial charge in [-0.05, 0) is 17.7 Å². The fourth-order valence-electron chi connectivity index (χ4n) is 2.30. The number of hydrogen-bond acceptors (Lipinski definition) is 6. The Morgan fingerprint density at radius 3 is 2.58 bits per heavy atom. The van der Waals surface area contributed by atoms with Gasteiger partial charge < -0.3 is 24.1 Å². The van der Waals surface area contributed by atoms with Gasteiger partial charge in [0.15, 0.2) is 11.5 Å². The smallest absolute Gasteiger partial charge is 0.161 e. The number of benzene rings is 1. The Morgan fingerprint density at radius 2 is 1.96 bits per heavy atom. The van der Waals surface area contributed by atoms with Gasteiger partial charge in [0.05, 0.1) is 33.5 Å². The van der Waals surface area contributed by atoms with Crippen molar-refractivity contribution in [1.82, 2.24) is 4.90 Å². The molecule has 0 fully saturated rings. The van der Waals surface area contributed by atoms with Gasteiger partial charge in [0, 0.05) is 26.7 Å². The molecule has 0 aliphatic rings. The van der Waals surface area contributed by atoms with Crippen LogP contribution in [0.4, 0.5) is 0 Å². The summed E-state index contributed by atoms with van der Waals surface area (Å²) >= 11 is 0. The van der Waals surface area contributed by atoms with E-state index in [4.69, 9.17) is 25.4 Å². The van der Waals surface area contributed by atoms with Crippen LogP contribution in [0.3, 0.4) is 0 Å². The molecule has 0 saturated carbocycles. The zero-order valence-corrected chi connectivity index (χ0v) is 14.7. The molecular weight excluding hydrogens is 310 g/mol. The van der Waals surface area contributed by atoms with E-state index in [2.05, 4.69) is 10.8 Å². The van der Waals surface area contributed by atoms with Crippen LogP contribution in [0.5, 0.6) is 11.5 Å². The van der Waals surface area contributed by atoms with Gasteiger partial charge >= 0.3 is 0 Å². The topological polar surface area (TPSA) is 60.4 Å². The van der Waals surface area contributed by atoms with Crippen LogP contribution < -0.4 is 9.47 Å². The summed E-state index contributed by atoms with van der Waals surface area (Å²) in [4.78, 5) is 2.09. The zero-order chi connectivity index (χ0) is 17.8. The molecule has 1 aromatic rings. The SMILES string of the molecule is C#CCOCC(O)CN(CCOC)Cc1ccc(OC)c(OC)c1. The third-order valence-corrected chi connectivity index (χ3v) is 3.43. The second-order valence-corrected chi connectivity index (χ2v) is 5.29. The molecule has 0 aliphatic carbocycles. The molecule has 24 heavy (non-hydrogen) atoms. The maximum absolute atomic E-state index is 10.1. The van der Waals surface area contributed by atoms with Crippen LogP contribution in [0, 0.1) is 12.3 Å². The lowest BCUT2D eigenvalue weighted by Gasteiger charge is -2.25. The van der Waals surface area contributed by atoms with Gasteiger partial charge in [0.1, 0.15) is 6.61 Å². The van der Waals surface area contributed by atoms with Gasteiger partial charge in [0.25, 0.3) is 0 Å². The van der Waals surface area contributed by atoms with Crippen molar-refractivity contribution in [2.45, 2.75) is 12.6 Å². The van der Waals surface area contributed by atoms with Crippen LogP contribution in [-0.2, 0) is 16.0 Å². The summed E-state index contributed by atoms with van der Waals surface area (Å²) in [6.45, 7) is 2.78. The predicted octanol–water partition coefficient (Wildman–Crippen LogP) is 1.16. The number of terminal acetylenes is 1. The number of nitrogens with zero attached hydrogens (tertiary/aromatic N) is 1. The number of rotatable bonds is 12. The summed E-state index contributed by atoms with van der Waals surface area (Å²) in [6, 6.07) is 5.78. The van der Waals surface area contributed by atoms with Crippen LogP contribution in [0.25, 0.3) is 0 Å². The van der Waals surface area contributed by atoms with Crippen LogP contribution in [-0.4, -0.2) is 70.3 Å². The van der Waals surface area contributed by atoms with Crippen molar-refractivity contribution in [3.63, 3.8) is 0 Å². The first-order chi connectivity index (χ1) is 11.6. The predicted molar refractivity (Wildman–Crippen MR) is 92.4 cm³/mol. The average molecular weight is 337 g/mol. The second kappa shape index (κ2) is 11.7. The molecule has 1 aromatic carbocycles. The van der Waals surface area contributed by atoms with Gasteiger partial charge in [-0.1, -0.05) is 12.0 Å². The molecular formula is C18H27NO5. The molecule has 0 aromatic heterocycles. The lowest BCUT2D eigenvalue weighted by Crippen LogP contribution is -2.36. The number of ether oxygens (including phenoxy) is 4. The molecule has 0 heterocycles. The first-order valence-corrected chi connectivity index (χ1v) is 7.76. The highest BCUT2D eigenvalue weighted by Gasteiger charge is 2.14. The summed E-state index contributed by atoms with van der Waals surface area (Å²) in [6.07, 6.45) is 4.51. The molecule has 0 spiro atoms. The zero-order valence-electron chi connectivity index (χ0n) is 14.7. The van der Waals surface area contributed by atoms with E-state index >= 15 is 0 Å². The minimum absolute atomic E-state index is 0.199. The van der Waals surface area contributed by atoms with E-state index in [9.17, 15) is 5.11 Å². The summed E-state index contributed by atoms with van der Waals surface area (Å²) in [7, 11) is 4.87. The van der Waals surface area contributed by atoms with E-state index in [1.54, 1.807) is 21.3 Å². The maximum atomic E-state index is 10.1. The lowest BCUT2D eigenvalue weighted by molar-refractivity contribution is 0.0207. The fraction of sp³-hybridized carbons (Fsp3) is 0.556. The first-order valence-electron chi connectivity index (χ1n) is 7.76. The van der Waals surface area contributed by atoms with Crippen molar-refractivity contribution in [3.05, 3.63) is 23.8 Å². The first kappa shape index (κ1) is 20.3. The Balaban J connectivity index is 2.69. The van der Waals surface area contributed by atoms with Crippen molar-refractivity contribution in [2.75, 3.05) is 54.2 Å². The van der Waals surface area contributed by atoms with Crippen molar-refractivity contribution >= 4 is 0 Å². The number of methoxy groups -OCH3 is 3. The molecule has 0 saturated heterocycles. The van der Waals surface area contributed by atoms with Crippen LogP contribution in [0.15, 0.2) is 18.2 Å². The molecule has 1 N–H and O–H groups in total. The highest BCUT2D eigenvalue weighted by Crippen LogP contribution is 2.28. The van der Waals surface area contributed by atoms with Gasteiger partial charge in [-0.15, -0.1) is 6.42 Å². The highest BCUT2D eigenvalue weighted by atomic mass is 16.5. The average Bonchev–Trinajstić information content (AvgIpc) is 2.59. The van der Waals surface area contributed by atoms with Crippen molar-refractivity contribution in [1.29, 1.82) is 0 Å². The van der Waals surface area contributed by atoms with Gasteiger partial charge in [-0.2, -0.15) is 0 Å². The molecule has 1 rings (SSSR count). The summed E-state index contributed by atoms with van der Waals surface area (Å²) in [5.41, 5.74) is 1.06. The van der Waals surface area contributed by atoms with Crippen molar-refractivity contribution in [2.24, 2.45) is 0 Å². The Kier molecular flexibility index (Phi) is 9.89. The molecule has 0 aliphatic heterocycles. The summed E-state index contributed by atoms with van der Waals surface area (Å²) < 4.78 is 20.9. The molecule has 6 heteroatoms. The van der Waals surface area contributed by atoms with Crippen molar-refractivity contribution < 1.29 is 24.1 Å². The number of aliphatic hydroxyl groups excluding tert-OH is 1. The number of aliphatic hydroxyl groups is 1. The van der Waals surface area contributed by atoms with Crippen LogP contribution in [0.1, 0.15) is 5.56 Å².